The van der Waals surface area contributed by atoms with Crippen LogP contribution in [0.4, 0.5) is 5.69 Å². The average Bonchev–Trinajstić information content (AvgIpc) is 2.48. The molecule has 1 aliphatic carbocycles. The summed E-state index contributed by atoms with van der Waals surface area (Å²) in [6, 6.07) is 5.90. The van der Waals surface area contributed by atoms with Crippen molar-refractivity contribution in [3.63, 3.8) is 0 Å². The number of rotatable bonds is 5. The molecule has 0 aromatic heterocycles. The third kappa shape index (κ3) is 4.48. The SMILES string of the molecule is CCNC(=O)c1ccc(C)c(NCC2CCC(C)CC2)c1. The molecular weight excluding hydrogens is 260 g/mol. The van der Waals surface area contributed by atoms with Gasteiger partial charge in [-0.15, -0.1) is 0 Å². The van der Waals surface area contributed by atoms with Gasteiger partial charge < -0.3 is 10.6 Å². The van der Waals surface area contributed by atoms with Crippen LogP contribution in [0.1, 0.15) is 55.5 Å². The summed E-state index contributed by atoms with van der Waals surface area (Å²) in [4.78, 5) is 11.9. The molecule has 3 nitrogen and oxygen atoms in total. The fraction of sp³-hybridized carbons (Fsp3) is 0.611. The third-order valence-electron chi connectivity index (χ3n) is 4.55. The Morgan fingerprint density at radius 2 is 1.95 bits per heavy atom. The number of nitrogens with one attached hydrogen (secondary N) is 2. The Morgan fingerprint density at radius 3 is 2.62 bits per heavy atom. The lowest BCUT2D eigenvalue weighted by molar-refractivity contribution is 0.0956. The fourth-order valence-corrected chi connectivity index (χ4v) is 3.00. The summed E-state index contributed by atoms with van der Waals surface area (Å²) in [5, 5.41) is 6.41. The zero-order chi connectivity index (χ0) is 15.2. The minimum absolute atomic E-state index is 0.00652. The Labute approximate surface area is 128 Å². The van der Waals surface area contributed by atoms with Crippen molar-refractivity contribution in [3.05, 3.63) is 29.3 Å². The van der Waals surface area contributed by atoms with E-state index in [1.807, 2.05) is 25.1 Å². The first-order valence-electron chi connectivity index (χ1n) is 8.22. The van der Waals surface area contributed by atoms with E-state index in [9.17, 15) is 4.79 Å². The molecule has 0 heterocycles. The van der Waals surface area contributed by atoms with Crippen molar-refractivity contribution in [2.24, 2.45) is 11.8 Å². The quantitative estimate of drug-likeness (QED) is 0.860. The highest BCUT2D eigenvalue weighted by Crippen LogP contribution is 2.28. The van der Waals surface area contributed by atoms with E-state index in [2.05, 4.69) is 24.5 Å². The molecule has 1 amide bonds. The van der Waals surface area contributed by atoms with Crippen LogP contribution >= 0.6 is 0 Å². The topological polar surface area (TPSA) is 41.1 Å². The second-order valence-corrected chi connectivity index (χ2v) is 6.40. The zero-order valence-electron chi connectivity index (χ0n) is 13.5. The van der Waals surface area contributed by atoms with Gasteiger partial charge >= 0.3 is 0 Å². The minimum Gasteiger partial charge on any atom is -0.385 e. The maximum Gasteiger partial charge on any atom is 0.251 e. The Morgan fingerprint density at radius 1 is 1.24 bits per heavy atom. The minimum atomic E-state index is 0.00652. The molecule has 1 saturated carbocycles. The summed E-state index contributed by atoms with van der Waals surface area (Å²) < 4.78 is 0. The number of anilines is 1. The molecule has 0 atom stereocenters. The summed E-state index contributed by atoms with van der Waals surface area (Å²) in [5.41, 5.74) is 3.03. The molecule has 0 aliphatic heterocycles. The average molecular weight is 288 g/mol. The van der Waals surface area contributed by atoms with Crippen LogP contribution in [0.2, 0.25) is 0 Å². The van der Waals surface area contributed by atoms with Gasteiger partial charge in [0.2, 0.25) is 0 Å². The van der Waals surface area contributed by atoms with E-state index in [1.54, 1.807) is 0 Å². The number of carbonyl (C=O) groups is 1. The zero-order valence-corrected chi connectivity index (χ0v) is 13.5. The first-order chi connectivity index (χ1) is 10.1. The molecule has 0 spiro atoms. The molecule has 1 aromatic carbocycles. The monoisotopic (exact) mass is 288 g/mol. The molecule has 3 heteroatoms. The van der Waals surface area contributed by atoms with E-state index in [1.165, 1.54) is 31.2 Å². The van der Waals surface area contributed by atoms with Crippen molar-refractivity contribution in [3.8, 4) is 0 Å². The lowest BCUT2D eigenvalue weighted by atomic mass is 9.83. The number of benzene rings is 1. The van der Waals surface area contributed by atoms with E-state index >= 15 is 0 Å². The largest absolute Gasteiger partial charge is 0.385 e. The third-order valence-corrected chi connectivity index (χ3v) is 4.55. The van der Waals surface area contributed by atoms with Crippen molar-refractivity contribution in [2.45, 2.75) is 46.5 Å². The molecule has 1 aromatic rings. The highest BCUT2D eigenvalue weighted by Gasteiger charge is 2.18. The van der Waals surface area contributed by atoms with Crippen LogP contribution in [-0.2, 0) is 0 Å². The molecule has 2 N–H and O–H groups in total. The fourth-order valence-electron chi connectivity index (χ4n) is 3.00. The molecular formula is C18H28N2O. The molecule has 2 rings (SSSR count). The van der Waals surface area contributed by atoms with Gasteiger partial charge in [0.15, 0.2) is 0 Å². The Hall–Kier alpha value is -1.51. The van der Waals surface area contributed by atoms with Crippen molar-refractivity contribution in [1.29, 1.82) is 0 Å². The first kappa shape index (κ1) is 15.9. The van der Waals surface area contributed by atoms with Crippen LogP contribution in [0.3, 0.4) is 0 Å². The van der Waals surface area contributed by atoms with Gasteiger partial charge in [0.25, 0.3) is 5.91 Å². The van der Waals surface area contributed by atoms with Crippen molar-refractivity contribution < 1.29 is 4.79 Å². The second-order valence-electron chi connectivity index (χ2n) is 6.40. The molecule has 0 bridgehead atoms. The number of aryl methyl sites for hydroxylation is 1. The van der Waals surface area contributed by atoms with Crippen molar-refractivity contribution >= 4 is 11.6 Å². The Balaban J connectivity index is 1.95. The lowest BCUT2D eigenvalue weighted by Crippen LogP contribution is -2.23. The summed E-state index contributed by atoms with van der Waals surface area (Å²) in [6.07, 6.45) is 5.35. The van der Waals surface area contributed by atoms with Crippen LogP contribution in [0.25, 0.3) is 0 Å². The van der Waals surface area contributed by atoms with E-state index in [4.69, 9.17) is 0 Å². The van der Waals surface area contributed by atoms with Crippen LogP contribution in [-0.4, -0.2) is 19.0 Å². The van der Waals surface area contributed by atoms with Crippen molar-refractivity contribution in [1.82, 2.24) is 5.32 Å². The summed E-state index contributed by atoms with van der Waals surface area (Å²) >= 11 is 0. The van der Waals surface area contributed by atoms with Gasteiger partial charge in [-0.05, 0) is 56.2 Å². The molecule has 1 aliphatic rings. The second kappa shape index (κ2) is 7.48. The van der Waals surface area contributed by atoms with Gasteiger partial charge in [0.1, 0.15) is 0 Å². The van der Waals surface area contributed by atoms with Gasteiger partial charge in [-0.2, -0.15) is 0 Å². The maximum atomic E-state index is 11.9. The maximum absolute atomic E-state index is 11.9. The van der Waals surface area contributed by atoms with Crippen LogP contribution in [0.15, 0.2) is 18.2 Å². The number of carbonyl (C=O) groups excluding carboxylic acids is 1. The predicted octanol–water partition coefficient (Wildman–Crippen LogP) is 3.98. The van der Waals surface area contributed by atoms with E-state index in [0.29, 0.717) is 6.54 Å². The molecule has 1 fully saturated rings. The number of hydrogen-bond donors (Lipinski definition) is 2. The standard InChI is InChI=1S/C18H28N2O/c1-4-19-18(21)16-10-7-14(3)17(11-16)20-12-15-8-5-13(2)6-9-15/h7,10-11,13,15,20H,4-6,8-9,12H2,1-3H3,(H,19,21). The van der Waals surface area contributed by atoms with Gasteiger partial charge in [-0.3, -0.25) is 4.79 Å². The van der Waals surface area contributed by atoms with Crippen LogP contribution < -0.4 is 10.6 Å². The molecule has 0 unspecified atom stereocenters. The van der Waals surface area contributed by atoms with Gasteiger partial charge in [0, 0.05) is 24.3 Å². The number of amides is 1. The highest BCUT2D eigenvalue weighted by molar-refractivity contribution is 5.95. The Kier molecular flexibility index (Phi) is 5.66. The number of hydrogen-bond acceptors (Lipinski definition) is 2. The molecule has 0 radical (unpaired) electrons. The first-order valence-corrected chi connectivity index (χ1v) is 8.22. The van der Waals surface area contributed by atoms with Gasteiger partial charge in [-0.25, -0.2) is 0 Å². The lowest BCUT2D eigenvalue weighted by Gasteiger charge is -2.27. The molecule has 0 saturated heterocycles. The van der Waals surface area contributed by atoms with E-state index in [0.717, 1.165) is 29.6 Å². The van der Waals surface area contributed by atoms with Gasteiger partial charge in [0.05, 0.1) is 0 Å². The normalized spacial score (nSPS) is 21.9. The van der Waals surface area contributed by atoms with E-state index < -0.39 is 0 Å². The van der Waals surface area contributed by atoms with Gasteiger partial charge in [-0.1, -0.05) is 25.8 Å². The van der Waals surface area contributed by atoms with Crippen molar-refractivity contribution in [2.75, 3.05) is 18.4 Å². The summed E-state index contributed by atoms with van der Waals surface area (Å²) in [6.45, 7) is 8.06. The smallest absolute Gasteiger partial charge is 0.251 e. The summed E-state index contributed by atoms with van der Waals surface area (Å²) in [7, 11) is 0. The summed E-state index contributed by atoms with van der Waals surface area (Å²) in [5.74, 6) is 1.67. The highest BCUT2D eigenvalue weighted by atomic mass is 16.1. The van der Waals surface area contributed by atoms with Crippen LogP contribution in [0, 0.1) is 18.8 Å². The predicted molar refractivity (Wildman–Crippen MR) is 88.8 cm³/mol. The molecule has 21 heavy (non-hydrogen) atoms. The molecule has 116 valence electrons. The van der Waals surface area contributed by atoms with Crippen LogP contribution in [0.5, 0.6) is 0 Å². The Bertz CT molecular complexity index is 476. The van der Waals surface area contributed by atoms with E-state index in [-0.39, 0.29) is 5.91 Å².